The number of pyridine rings is 1. The van der Waals surface area contributed by atoms with E-state index >= 15 is 0 Å². The molecule has 8 heteroatoms. The smallest absolute Gasteiger partial charge is 0.277 e. The maximum absolute atomic E-state index is 13.8. The molecule has 0 spiro atoms. The van der Waals surface area contributed by atoms with Crippen molar-refractivity contribution in [2.24, 2.45) is 5.73 Å². The highest BCUT2D eigenvalue weighted by Gasteiger charge is 2.38. The first-order valence-corrected chi connectivity index (χ1v) is 12.4. The van der Waals surface area contributed by atoms with Gasteiger partial charge < -0.3 is 20.1 Å². The number of methoxy groups -OCH3 is 1. The molecule has 2 N–H and O–H groups in total. The summed E-state index contributed by atoms with van der Waals surface area (Å²) in [6.45, 7) is 3.52. The molecular formula is C28H34N4O4. The molecule has 0 fully saturated rings. The number of unbranched alkanes of at least 4 members (excludes halogenated alkanes) is 1. The van der Waals surface area contributed by atoms with Gasteiger partial charge in [-0.25, -0.2) is 4.68 Å². The summed E-state index contributed by atoms with van der Waals surface area (Å²) in [5, 5.41) is 2.09. The van der Waals surface area contributed by atoms with Crippen molar-refractivity contribution in [3.05, 3.63) is 99.5 Å². The van der Waals surface area contributed by atoms with Crippen molar-refractivity contribution >= 4 is 5.91 Å². The minimum atomic E-state index is -0.337. The topological polar surface area (TPSA) is 90.0 Å². The number of aromatic nitrogens is 1. The van der Waals surface area contributed by atoms with Gasteiger partial charge in [0.2, 0.25) is 5.43 Å². The van der Waals surface area contributed by atoms with Gasteiger partial charge in [-0.2, -0.15) is 0 Å². The van der Waals surface area contributed by atoms with Gasteiger partial charge in [-0.1, -0.05) is 74.0 Å². The molecule has 1 aliphatic heterocycles. The summed E-state index contributed by atoms with van der Waals surface area (Å²) in [6, 6.07) is 21.5. The van der Waals surface area contributed by atoms with Gasteiger partial charge in [-0.15, -0.1) is 0 Å². The van der Waals surface area contributed by atoms with Crippen LogP contribution in [0.2, 0.25) is 0 Å². The SMILES string of the molecule is CCCCOc1c2n(c(CN)cc1=O)N(C(c1ccccc1)c1ccccc1)CN(CCOC)C2=O. The molecule has 36 heavy (non-hydrogen) atoms. The molecule has 2 aromatic carbocycles. The van der Waals surface area contributed by atoms with Crippen molar-refractivity contribution < 1.29 is 14.3 Å². The Kier molecular flexibility index (Phi) is 8.40. The molecule has 0 atom stereocenters. The van der Waals surface area contributed by atoms with Gasteiger partial charge in [-0.3, -0.25) is 14.6 Å². The summed E-state index contributed by atoms with van der Waals surface area (Å²) in [5.41, 5.74) is 8.66. The Balaban J connectivity index is 1.96. The molecule has 1 aliphatic rings. The third kappa shape index (κ3) is 5.15. The van der Waals surface area contributed by atoms with Crippen LogP contribution in [0.15, 0.2) is 71.5 Å². The van der Waals surface area contributed by atoms with Crippen LogP contribution < -0.4 is 20.9 Å². The minimum absolute atomic E-state index is 0.0673. The summed E-state index contributed by atoms with van der Waals surface area (Å²) < 4.78 is 13.1. The number of rotatable bonds is 11. The Hall–Kier alpha value is -3.62. The first-order chi connectivity index (χ1) is 17.6. The molecule has 0 saturated carbocycles. The van der Waals surface area contributed by atoms with Gasteiger partial charge in [0.1, 0.15) is 6.67 Å². The second kappa shape index (κ2) is 11.9. The number of amides is 1. The van der Waals surface area contributed by atoms with Gasteiger partial charge in [-0.05, 0) is 17.5 Å². The average Bonchev–Trinajstić information content (AvgIpc) is 2.91. The molecule has 1 aromatic heterocycles. The molecule has 0 aliphatic carbocycles. The van der Waals surface area contributed by atoms with E-state index in [-0.39, 0.29) is 42.0 Å². The van der Waals surface area contributed by atoms with Crippen molar-refractivity contribution in [2.45, 2.75) is 32.4 Å². The normalized spacial score (nSPS) is 13.3. The van der Waals surface area contributed by atoms with Gasteiger partial charge in [0, 0.05) is 26.3 Å². The molecule has 4 rings (SSSR count). The van der Waals surface area contributed by atoms with E-state index in [4.69, 9.17) is 15.2 Å². The number of hydrogen-bond donors (Lipinski definition) is 1. The first-order valence-electron chi connectivity index (χ1n) is 12.4. The van der Waals surface area contributed by atoms with E-state index in [2.05, 4.69) is 29.3 Å². The monoisotopic (exact) mass is 490 g/mol. The number of fused-ring (bicyclic) bond motifs is 1. The minimum Gasteiger partial charge on any atom is -0.487 e. The Labute approximate surface area is 211 Å². The lowest BCUT2D eigenvalue weighted by molar-refractivity contribution is 0.0609. The van der Waals surface area contributed by atoms with E-state index in [1.165, 1.54) is 6.07 Å². The predicted molar refractivity (Wildman–Crippen MR) is 140 cm³/mol. The number of benzene rings is 2. The van der Waals surface area contributed by atoms with E-state index in [9.17, 15) is 9.59 Å². The zero-order valence-corrected chi connectivity index (χ0v) is 20.9. The molecule has 0 radical (unpaired) electrons. The summed E-state index contributed by atoms with van der Waals surface area (Å²) in [5.74, 6) is -0.209. The highest BCUT2D eigenvalue weighted by molar-refractivity contribution is 5.96. The molecule has 2 heterocycles. The lowest BCUT2D eigenvalue weighted by Crippen LogP contribution is -2.57. The Morgan fingerprint density at radius 1 is 0.972 bits per heavy atom. The Morgan fingerprint density at radius 3 is 2.17 bits per heavy atom. The lowest BCUT2D eigenvalue weighted by atomic mass is 9.98. The first kappa shape index (κ1) is 25.5. The molecular weight excluding hydrogens is 456 g/mol. The number of nitrogens with two attached hydrogens (primary N) is 1. The zero-order chi connectivity index (χ0) is 25.5. The second-order valence-corrected chi connectivity index (χ2v) is 8.76. The summed E-state index contributed by atoms with van der Waals surface area (Å²) in [4.78, 5) is 28.6. The van der Waals surface area contributed by atoms with Crippen LogP contribution in [-0.4, -0.2) is 49.0 Å². The number of carbonyl (C=O) groups excluding carboxylic acids is 1. The molecule has 0 bridgehead atoms. The fourth-order valence-electron chi connectivity index (χ4n) is 4.55. The van der Waals surface area contributed by atoms with E-state index in [1.54, 1.807) is 16.7 Å². The van der Waals surface area contributed by atoms with Crippen LogP contribution in [0.3, 0.4) is 0 Å². The van der Waals surface area contributed by atoms with Crippen LogP contribution >= 0.6 is 0 Å². The Bertz CT molecular complexity index is 1170. The quantitative estimate of drug-likeness (QED) is 0.415. The van der Waals surface area contributed by atoms with E-state index < -0.39 is 0 Å². The van der Waals surface area contributed by atoms with Crippen LogP contribution in [0.4, 0.5) is 0 Å². The molecule has 0 saturated heterocycles. The fourth-order valence-corrected chi connectivity index (χ4v) is 4.55. The van der Waals surface area contributed by atoms with Gasteiger partial charge in [0.05, 0.1) is 24.9 Å². The van der Waals surface area contributed by atoms with Crippen molar-refractivity contribution in [2.75, 3.05) is 38.5 Å². The van der Waals surface area contributed by atoms with Gasteiger partial charge >= 0.3 is 0 Å². The van der Waals surface area contributed by atoms with Crippen LogP contribution in [0.1, 0.15) is 53.1 Å². The number of hydrogen-bond acceptors (Lipinski definition) is 6. The van der Waals surface area contributed by atoms with E-state index in [0.717, 1.165) is 24.0 Å². The maximum atomic E-state index is 13.8. The zero-order valence-electron chi connectivity index (χ0n) is 20.9. The second-order valence-electron chi connectivity index (χ2n) is 8.76. The lowest BCUT2D eigenvalue weighted by Gasteiger charge is -2.45. The third-order valence-corrected chi connectivity index (χ3v) is 6.33. The molecule has 3 aromatic rings. The van der Waals surface area contributed by atoms with Crippen molar-refractivity contribution in [3.63, 3.8) is 0 Å². The predicted octanol–water partition coefficient (Wildman–Crippen LogP) is 3.27. The standard InChI is InChI=1S/C28H34N4O4/c1-3-4-16-36-27-24(33)18-23(19-29)32-26(27)28(34)30(15-17-35-2)20-31(32)25(21-11-7-5-8-12-21)22-13-9-6-10-14-22/h5-14,18,25H,3-4,15-17,19-20,29H2,1-2H3. The van der Waals surface area contributed by atoms with Crippen LogP contribution in [0, 0.1) is 0 Å². The Morgan fingerprint density at radius 2 is 1.61 bits per heavy atom. The average molecular weight is 491 g/mol. The van der Waals surface area contributed by atoms with E-state index in [1.807, 2.05) is 43.3 Å². The highest BCUT2D eigenvalue weighted by atomic mass is 16.5. The van der Waals surface area contributed by atoms with E-state index in [0.29, 0.717) is 25.5 Å². The number of ether oxygens (including phenoxy) is 2. The number of nitrogens with zero attached hydrogens (tertiary/aromatic N) is 3. The third-order valence-electron chi connectivity index (χ3n) is 6.33. The van der Waals surface area contributed by atoms with Crippen molar-refractivity contribution in [1.82, 2.24) is 9.58 Å². The molecule has 0 unspecified atom stereocenters. The maximum Gasteiger partial charge on any atom is 0.277 e. The summed E-state index contributed by atoms with van der Waals surface area (Å²) >= 11 is 0. The van der Waals surface area contributed by atoms with Crippen LogP contribution in [0.25, 0.3) is 0 Å². The van der Waals surface area contributed by atoms with Gasteiger partial charge in [0.25, 0.3) is 5.91 Å². The fraction of sp³-hybridized carbons (Fsp3) is 0.357. The largest absolute Gasteiger partial charge is 0.487 e. The summed E-state index contributed by atoms with van der Waals surface area (Å²) in [6.07, 6.45) is 1.69. The molecule has 8 nitrogen and oxygen atoms in total. The molecule has 190 valence electrons. The van der Waals surface area contributed by atoms with Crippen LogP contribution in [-0.2, 0) is 11.3 Å². The van der Waals surface area contributed by atoms with Crippen molar-refractivity contribution in [3.8, 4) is 5.75 Å². The summed E-state index contributed by atoms with van der Waals surface area (Å²) in [7, 11) is 1.60. The van der Waals surface area contributed by atoms with Crippen LogP contribution in [0.5, 0.6) is 5.75 Å². The van der Waals surface area contributed by atoms with Gasteiger partial charge in [0.15, 0.2) is 11.4 Å². The number of carbonyl (C=O) groups is 1. The highest BCUT2D eigenvalue weighted by Crippen LogP contribution is 2.33. The molecule has 1 amide bonds. The van der Waals surface area contributed by atoms with Crippen molar-refractivity contribution in [1.29, 1.82) is 0 Å².